The molecule has 0 bridgehead atoms. The fraction of sp³-hybridized carbons (Fsp3) is 0.261. The Morgan fingerprint density at radius 2 is 1.90 bits per heavy atom. The molecule has 0 saturated carbocycles. The number of aromatic nitrogens is 1. The van der Waals surface area contributed by atoms with Crippen molar-refractivity contribution in [1.29, 1.82) is 0 Å². The average Bonchev–Trinajstić information content (AvgIpc) is 3.27. The number of nitrogens with one attached hydrogen (secondary N) is 1. The van der Waals surface area contributed by atoms with Gasteiger partial charge in [-0.25, -0.2) is 9.18 Å². The van der Waals surface area contributed by atoms with Crippen LogP contribution in [0.4, 0.5) is 4.39 Å². The summed E-state index contributed by atoms with van der Waals surface area (Å²) in [6.07, 6.45) is 0.562. The molecule has 2 heterocycles. The van der Waals surface area contributed by atoms with Gasteiger partial charge < -0.3 is 15.0 Å². The number of rotatable bonds is 7. The summed E-state index contributed by atoms with van der Waals surface area (Å²) >= 11 is 1.21. The van der Waals surface area contributed by atoms with Crippen LogP contribution >= 0.6 is 11.3 Å². The van der Waals surface area contributed by atoms with Crippen molar-refractivity contribution < 1.29 is 19.1 Å². The molecule has 8 heteroatoms. The highest BCUT2D eigenvalue weighted by Crippen LogP contribution is 2.26. The molecule has 1 amide bonds. The summed E-state index contributed by atoms with van der Waals surface area (Å²) in [6, 6.07) is 10.6. The monoisotopic (exact) mass is 442 g/mol. The van der Waals surface area contributed by atoms with Crippen LogP contribution in [-0.2, 0) is 23.3 Å². The molecule has 31 heavy (non-hydrogen) atoms. The molecule has 0 saturated heterocycles. The fourth-order valence-electron chi connectivity index (χ4n) is 3.49. The van der Waals surface area contributed by atoms with E-state index in [-0.39, 0.29) is 17.9 Å². The number of halogens is 1. The van der Waals surface area contributed by atoms with Crippen molar-refractivity contribution in [2.75, 3.05) is 0 Å². The highest BCUT2D eigenvalue weighted by molar-refractivity contribution is 7.10. The third-order valence-electron chi connectivity index (χ3n) is 5.26. The Hall–Kier alpha value is -3.26. The van der Waals surface area contributed by atoms with Crippen LogP contribution in [0.15, 0.2) is 52.6 Å². The molecule has 3 rings (SSSR count). The van der Waals surface area contributed by atoms with Gasteiger partial charge in [-0.1, -0.05) is 25.1 Å². The van der Waals surface area contributed by atoms with Crippen LogP contribution in [0.5, 0.6) is 0 Å². The molecular weight excluding hydrogens is 419 g/mol. The van der Waals surface area contributed by atoms with Crippen LogP contribution in [0, 0.1) is 12.7 Å². The Balaban J connectivity index is 2.04. The molecule has 162 valence electrons. The molecule has 0 fully saturated rings. The smallest absolute Gasteiger partial charge is 0.334 e. The number of carbonyl (C=O) groups excluding carboxylic acids is 1. The molecule has 0 aliphatic rings. The Bertz CT molecular complexity index is 1170. The second kappa shape index (κ2) is 8.85. The van der Waals surface area contributed by atoms with Gasteiger partial charge in [-0.3, -0.25) is 9.59 Å². The summed E-state index contributed by atoms with van der Waals surface area (Å²) in [5, 5.41) is 14.0. The lowest BCUT2D eigenvalue weighted by atomic mass is 9.99. The first-order valence-corrected chi connectivity index (χ1v) is 10.6. The SMILES string of the molecule is CCc1c(C)cc(C(=O)NC(C)(C(=O)O)c2cccs2)c(=O)n1Cc1ccc(F)cc1. The topological polar surface area (TPSA) is 88.4 Å². The quantitative estimate of drug-likeness (QED) is 0.584. The number of carboxylic acid groups (broad SMARTS) is 1. The van der Waals surface area contributed by atoms with Crippen LogP contribution < -0.4 is 10.9 Å². The summed E-state index contributed by atoms with van der Waals surface area (Å²) in [7, 11) is 0. The van der Waals surface area contributed by atoms with Crippen molar-refractivity contribution in [3.05, 3.63) is 91.3 Å². The number of aliphatic carboxylic acids is 1. The van der Waals surface area contributed by atoms with Crippen LogP contribution in [-0.4, -0.2) is 21.6 Å². The zero-order valence-electron chi connectivity index (χ0n) is 17.4. The molecule has 2 N–H and O–H groups in total. The molecule has 0 spiro atoms. The maximum atomic E-state index is 13.3. The lowest BCUT2D eigenvalue weighted by Crippen LogP contribution is -2.50. The molecular formula is C23H23FN2O4S. The zero-order valence-corrected chi connectivity index (χ0v) is 18.3. The molecule has 2 aromatic heterocycles. The van der Waals surface area contributed by atoms with Gasteiger partial charge in [0, 0.05) is 10.6 Å². The maximum Gasteiger partial charge on any atom is 0.334 e. The van der Waals surface area contributed by atoms with Gasteiger partial charge in [0.2, 0.25) is 0 Å². The predicted octanol–water partition coefficient (Wildman–Crippen LogP) is 3.70. The number of benzene rings is 1. The second-order valence-electron chi connectivity index (χ2n) is 7.42. The molecule has 0 radical (unpaired) electrons. The van der Waals surface area contributed by atoms with Gasteiger partial charge in [-0.15, -0.1) is 11.3 Å². The Kier molecular flexibility index (Phi) is 6.40. The first-order chi connectivity index (χ1) is 14.7. The van der Waals surface area contributed by atoms with Crippen LogP contribution in [0.3, 0.4) is 0 Å². The van der Waals surface area contributed by atoms with Crippen molar-refractivity contribution in [2.45, 2.75) is 39.3 Å². The Morgan fingerprint density at radius 3 is 2.45 bits per heavy atom. The van der Waals surface area contributed by atoms with Crippen molar-refractivity contribution in [1.82, 2.24) is 9.88 Å². The first kappa shape index (κ1) is 22.4. The van der Waals surface area contributed by atoms with Gasteiger partial charge in [0.15, 0.2) is 5.54 Å². The van der Waals surface area contributed by atoms with E-state index < -0.39 is 23.0 Å². The van der Waals surface area contributed by atoms with E-state index in [2.05, 4.69) is 5.32 Å². The number of thiophene rings is 1. The van der Waals surface area contributed by atoms with Crippen molar-refractivity contribution in [3.63, 3.8) is 0 Å². The van der Waals surface area contributed by atoms with Crippen molar-refractivity contribution in [3.8, 4) is 0 Å². The fourth-order valence-corrected chi connectivity index (χ4v) is 4.33. The van der Waals surface area contributed by atoms with E-state index in [1.807, 2.05) is 6.92 Å². The summed E-state index contributed by atoms with van der Waals surface area (Å²) in [6.45, 7) is 5.27. The van der Waals surface area contributed by atoms with E-state index in [0.29, 0.717) is 16.9 Å². The molecule has 3 aromatic rings. The second-order valence-corrected chi connectivity index (χ2v) is 8.37. The van der Waals surface area contributed by atoms with Gasteiger partial charge in [0.05, 0.1) is 6.54 Å². The van der Waals surface area contributed by atoms with Gasteiger partial charge in [0.1, 0.15) is 11.4 Å². The number of hydrogen-bond acceptors (Lipinski definition) is 4. The number of hydrogen-bond donors (Lipinski definition) is 2. The molecule has 0 aliphatic heterocycles. The highest BCUT2D eigenvalue weighted by Gasteiger charge is 2.38. The minimum atomic E-state index is -1.67. The van der Waals surface area contributed by atoms with E-state index >= 15 is 0 Å². The third kappa shape index (κ3) is 4.44. The predicted molar refractivity (Wildman–Crippen MR) is 117 cm³/mol. The lowest BCUT2D eigenvalue weighted by molar-refractivity contribution is -0.144. The van der Waals surface area contributed by atoms with E-state index in [4.69, 9.17) is 0 Å². The van der Waals surface area contributed by atoms with Crippen molar-refractivity contribution >= 4 is 23.2 Å². The van der Waals surface area contributed by atoms with Crippen LogP contribution in [0.1, 0.15) is 45.9 Å². The summed E-state index contributed by atoms with van der Waals surface area (Å²) in [4.78, 5) is 38.7. The molecule has 1 atom stereocenters. The lowest BCUT2D eigenvalue weighted by Gasteiger charge is -2.25. The van der Waals surface area contributed by atoms with Gasteiger partial charge in [-0.2, -0.15) is 0 Å². The van der Waals surface area contributed by atoms with Gasteiger partial charge >= 0.3 is 5.97 Å². The number of carbonyl (C=O) groups is 2. The van der Waals surface area contributed by atoms with Gasteiger partial charge in [-0.05, 0) is 61.0 Å². The number of carboxylic acids is 1. The normalized spacial score (nSPS) is 12.9. The Labute approximate surface area is 183 Å². The zero-order chi connectivity index (χ0) is 22.8. The van der Waals surface area contributed by atoms with Gasteiger partial charge in [0.25, 0.3) is 11.5 Å². The summed E-state index contributed by atoms with van der Waals surface area (Å²) in [5.41, 5.74) is -0.127. The first-order valence-electron chi connectivity index (χ1n) is 9.75. The highest BCUT2D eigenvalue weighted by atomic mass is 32.1. The molecule has 6 nitrogen and oxygen atoms in total. The number of nitrogens with zero attached hydrogens (tertiary/aromatic N) is 1. The molecule has 0 aliphatic carbocycles. The molecule has 1 unspecified atom stereocenters. The van der Waals surface area contributed by atoms with Crippen LogP contribution in [0.25, 0.3) is 0 Å². The van der Waals surface area contributed by atoms with E-state index in [1.165, 1.54) is 41.0 Å². The average molecular weight is 443 g/mol. The number of pyridine rings is 1. The summed E-state index contributed by atoms with van der Waals surface area (Å²) < 4.78 is 14.7. The number of aryl methyl sites for hydroxylation is 1. The van der Waals surface area contributed by atoms with E-state index in [1.54, 1.807) is 36.6 Å². The van der Waals surface area contributed by atoms with E-state index in [0.717, 1.165) is 11.3 Å². The standard InChI is InChI=1S/C23H23FN2O4S/c1-4-18-14(2)12-17(21(28)26(18)13-15-7-9-16(24)10-8-15)20(27)25-23(3,22(29)30)19-6-5-11-31-19/h5-12H,4,13H2,1-3H3,(H,25,27)(H,29,30). The number of amides is 1. The molecule has 1 aromatic carbocycles. The minimum Gasteiger partial charge on any atom is -0.479 e. The van der Waals surface area contributed by atoms with Crippen molar-refractivity contribution in [2.24, 2.45) is 0 Å². The van der Waals surface area contributed by atoms with E-state index in [9.17, 15) is 23.9 Å². The minimum absolute atomic E-state index is 0.138. The van der Waals surface area contributed by atoms with Crippen LogP contribution in [0.2, 0.25) is 0 Å². The maximum absolute atomic E-state index is 13.3. The largest absolute Gasteiger partial charge is 0.479 e. The third-order valence-corrected chi connectivity index (χ3v) is 6.35. The Morgan fingerprint density at radius 1 is 1.23 bits per heavy atom. The summed E-state index contributed by atoms with van der Waals surface area (Å²) in [5.74, 6) is -2.36.